The van der Waals surface area contributed by atoms with Gasteiger partial charge in [0.25, 0.3) is 5.91 Å². The van der Waals surface area contributed by atoms with Crippen LogP contribution < -0.4 is 5.73 Å². The molecule has 1 fully saturated rings. The standard InChI is InChI=1S/C5H6N2O4S/c1-2-3-4(6)5(8)7(3)12(9,10)11/h1,3-4H,6H2,(H,9,10,11)/t3-,4-/m0/s1. The van der Waals surface area contributed by atoms with E-state index in [0.29, 0.717) is 0 Å². The quantitative estimate of drug-likeness (QED) is 0.282. The highest BCUT2D eigenvalue weighted by Gasteiger charge is 2.50. The van der Waals surface area contributed by atoms with Gasteiger partial charge in [0, 0.05) is 0 Å². The number of hydrogen-bond acceptors (Lipinski definition) is 4. The topological polar surface area (TPSA) is 101 Å². The lowest BCUT2D eigenvalue weighted by Gasteiger charge is -2.38. The average molecular weight is 190 g/mol. The predicted octanol–water partition coefficient (Wildman–Crippen LogP) is -2.04. The second-order valence-electron chi connectivity index (χ2n) is 2.25. The molecular weight excluding hydrogens is 184 g/mol. The average Bonchev–Trinajstić information content (AvgIpc) is 1.95. The highest BCUT2D eigenvalue weighted by Crippen LogP contribution is 2.20. The maximum Gasteiger partial charge on any atom is 0.363 e. The highest BCUT2D eigenvalue weighted by molar-refractivity contribution is 7.84. The number of terminal acetylenes is 1. The van der Waals surface area contributed by atoms with Gasteiger partial charge in [-0.25, -0.2) is 0 Å². The maximum absolute atomic E-state index is 10.7. The zero-order valence-corrected chi connectivity index (χ0v) is 6.65. The first-order valence-corrected chi connectivity index (χ1v) is 4.31. The SMILES string of the molecule is C#C[C@H]1[C@H](N)C(=O)N1S(=O)(=O)O. The molecule has 6 nitrogen and oxygen atoms in total. The van der Waals surface area contributed by atoms with E-state index in [1.165, 1.54) is 0 Å². The molecule has 1 heterocycles. The van der Waals surface area contributed by atoms with Crippen molar-refractivity contribution in [2.75, 3.05) is 0 Å². The minimum Gasteiger partial charge on any atom is -0.317 e. The number of β-lactam (4-membered cyclic amide) rings is 1. The van der Waals surface area contributed by atoms with Crippen LogP contribution in [0.4, 0.5) is 0 Å². The molecule has 2 atom stereocenters. The third-order valence-electron chi connectivity index (χ3n) is 1.51. The molecule has 0 unspecified atom stereocenters. The van der Waals surface area contributed by atoms with Gasteiger partial charge < -0.3 is 5.73 Å². The Balaban J connectivity index is 2.98. The van der Waals surface area contributed by atoms with Crippen molar-refractivity contribution in [2.24, 2.45) is 5.73 Å². The van der Waals surface area contributed by atoms with E-state index < -0.39 is 28.3 Å². The summed E-state index contributed by atoms with van der Waals surface area (Å²) in [4.78, 5) is 10.7. The highest BCUT2D eigenvalue weighted by atomic mass is 32.2. The number of amides is 1. The van der Waals surface area contributed by atoms with Gasteiger partial charge in [0.15, 0.2) is 0 Å². The summed E-state index contributed by atoms with van der Waals surface area (Å²) < 4.78 is 29.5. The normalized spacial score (nSPS) is 29.4. The fraction of sp³-hybridized carbons (Fsp3) is 0.400. The summed E-state index contributed by atoms with van der Waals surface area (Å²) in [5.74, 6) is 1.09. The van der Waals surface area contributed by atoms with Crippen molar-refractivity contribution in [1.82, 2.24) is 4.31 Å². The molecule has 0 radical (unpaired) electrons. The molecule has 0 saturated carbocycles. The predicted molar refractivity (Wildman–Crippen MR) is 39.0 cm³/mol. The van der Waals surface area contributed by atoms with Crippen LogP contribution in [-0.4, -0.2) is 35.3 Å². The van der Waals surface area contributed by atoms with E-state index in [4.69, 9.17) is 16.7 Å². The molecule has 66 valence electrons. The minimum atomic E-state index is -4.55. The van der Waals surface area contributed by atoms with Gasteiger partial charge in [0.1, 0.15) is 12.1 Å². The molecule has 1 aliphatic rings. The van der Waals surface area contributed by atoms with Crippen molar-refractivity contribution in [3.8, 4) is 12.3 Å². The molecule has 7 heteroatoms. The maximum atomic E-state index is 10.7. The largest absolute Gasteiger partial charge is 0.363 e. The summed E-state index contributed by atoms with van der Waals surface area (Å²) >= 11 is 0. The minimum absolute atomic E-state index is 0.178. The second-order valence-corrected chi connectivity index (χ2v) is 3.54. The van der Waals surface area contributed by atoms with E-state index in [-0.39, 0.29) is 4.31 Å². The van der Waals surface area contributed by atoms with Crippen molar-refractivity contribution >= 4 is 16.2 Å². The Hall–Kier alpha value is -1.10. The number of nitrogens with zero attached hydrogens (tertiary/aromatic N) is 1. The van der Waals surface area contributed by atoms with Crippen LogP contribution in [-0.2, 0) is 15.1 Å². The fourth-order valence-corrected chi connectivity index (χ4v) is 1.74. The molecule has 1 aliphatic heterocycles. The third-order valence-corrected chi connectivity index (χ3v) is 2.42. The lowest BCUT2D eigenvalue weighted by atomic mass is 10.0. The monoisotopic (exact) mass is 190 g/mol. The summed E-state index contributed by atoms with van der Waals surface area (Å²) in [6.45, 7) is 0. The van der Waals surface area contributed by atoms with Gasteiger partial charge in [-0.1, -0.05) is 5.92 Å². The van der Waals surface area contributed by atoms with Crippen molar-refractivity contribution in [3.05, 3.63) is 0 Å². The van der Waals surface area contributed by atoms with Crippen LogP contribution in [0.1, 0.15) is 0 Å². The summed E-state index contributed by atoms with van der Waals surface area (Å²) in [6, 6.07) is -2.09. The molecule has 0 spiro atoms. The van der Waals surface area contributed by atoms with Gasteiger partial charge in [-0.05, 0) is 0 Å². The van der Waals surface area contributed by atoms with Gasteiger partial charge in [-0.15, -0.1) is 6.42 Å². The van der Waals surface area contributed by atoms with Crippen LogP contribution >= 0.6 is 0 Å². The molecule has 0 aliphatic carbocycles. The van der Waals surface area contributed by atoms with Crippen molar-refractivity contribution in [3.63, 3.8) is 0 Å². The molecule has 0 aromatic carbocycles. The van der Waals surface area contributed by atoms with Crippen molar-refractivity contribution < 1.29 is 17.8 Å². The number of rotatable bonds is 1. The van der Waals surface area contributed by atoms with Crippen LogP contribution in [0.15, 0.2) is 0 Å². The second kappa shape index (κ2) is 2.45. The Morgan fingerprint density at radius 1 is 1.67 bits per heavy atom. The molecule has 0 aromatic rings. The van der Waals surface area contributed by atoms with E-state index in [0.717, 1.165) is 0 Å². The zero-order chi connectivity index (χ0) is 9.52. The van der Waals surface area contributed by atoms with E-state index >= 15 is 0 Å². The molecule has 0 bridgehead atoms. The molecule has 0 aromatic heterocycles. The van der Waals surface area contributed by atoms with Gasteiger partial charge in [0.05, 0.1) is 0 Å². The van der Waals surface area contributed by atoms with Gasteiger partial charge in [-0.2, -0.15) is 12.7 Å². The summed E-state index contributed by atoms with van der Waals surface area (Å²) in [6.07, 6.45) is 4.87. The van der Waals surface area contributed by atoms with E-state index in [1.54, 1.807) is 0 Å². The van der Waals surface area contributed by atoms with Gasteiger partial charge >= 0.3 is 10.3 Å². The van der Waals surface area contributed by atoms with Gasteiger partial charge in [-0.3, -0.25) is 9.35 Å². The smallest absolute Gasteiger partial charge is 0.317 e. The Labute approximate surface area is 69.2 Å². The van der Waals surface area contributed by atoms with Crippen LogP contribution in [0.3, 0.4) is 0 Å². The first kappa shape index (κ1) is 8.99. The summed E-state index contributed by atoms with van der Waals surface area (Å²) in [7, 11) is -4.55. The Bertz CT molecular complexity index is 354. The van der Waals surface area contributed by atoms with E-state index in [1.807, 2.05) is 5.92 Å². The summed E-state index contributed by atoms with van der Waals surface area (Å²) in [5.41, 5.74) is 5.15. The van der Waals surface area contributed by atoms with Crippen molar-refractivity contribution in [2.45, 2.75) is 12.1 Å². The fourth-order valence-electron chi connectivity index (χ4n) is 0.911. The summed E-state index contributed by atoms with van der Waals surface area (Å²) in [5, 5.41) is 0. The third kappa shape index (κ3) is 1.06. The molecular formula is C5H6N2O4S. The first-order chi connectivity index (χ1) is 5.39. The lowest BCUT2D eigenvalue weighted by Crippen LogP contribution is -2.69. The molecule has 1 rings (SSSR count). The number of nitrogens with two attached hydrogens (primary N) is 1. The molecule has 12 heavy (non-hydrogen) atoms. The van der Waals surface area contributed by atoms with Crippen molar-refractivity contribution in [1.29, 1.82) is 0 Å². The van der Waals surface area contributed by atoms with Gasteiger partial charge in [0.2, 0.25) is 0 Å². The van der Waals surface area contributed by atoms with Crippen LogP contribution in [0, 0.1) is 12.3 Å². The van der Waals surface area contributed by atoms with E-state index in [9.17, 15) is 13.2 Å². The van der Waals surface area contributed by atoms with Crippen LogP contribution in [0.5, 0.6) is 0 Å². The number of hydrogen-bond donors (Lipinski definition) is 2. The Morgan fingerprint density at radius 3 is 2.42 bits per heavy atom. The molecule has 1 amide bonds. The number of carbonyl (C=O) groups excluding carboxylic acids is 1. The Morgan fingerprint density at radius 2 is 2.17 bits per heavy atom. The Kier molecular flexibility index (Phi) is 1.83. The number of carbonyl (C=O) groups is 1. The first-order valence-electron chi connectivity index (χ1n) is 2.92. The van der Waals surface area contributed by atoms with Crippen LogP contribution in [0.25, 0.3) is 0 Å². The molecule has 3 N–H and O–H groups in total. The lowest BCUT2D eigenvalue weighted by molar-refractivity contribution is -0.138. The zero-order valence-electron chi connectivity index (χ0n) is 5.84. The van der Waals surface area contributed by atoms with E-state index in [2.05, 4.69) is 0 Å². The molecule has 1 saturated heterocycles. The van der Waals surface area contributed by atoms with Crippen LogP contribution in [0.2, 0.25) is 0 Å².